The molecule has 200 valence electrons. The third-order valence-corrected chi connectivity index (χ3v) is 7.54. The van der Waals surface area contributed by atoms with Crippen LogP contribution in [0.3, 0.4) is 0 Å². The number of aromatic nitrogens is 3. The molecule has 0 aliphatic carbocycles. The van der Waals surface area contributed by atoms with Crippen LogP contribution in [0.2, 0.25) is 0 Å². The molecule has 0 saturated heterocycles. The molecule has 11 nitrogen and oxygen atoms in total. The number of phenolic OH excluding ortho intramolecular Hbond substituents is 1. The fraction of sp³-hybridized carbons (Fsp3) is 0.120. The summed E-state index contributed by atoms with van der Waals surface area (Å²) < 4.78 is 3.41. The molecule has 0 aliphatic rings. The minimum Gasteiger partial charge on any atom is -0.502 e. The molecule has 3 aromatic carbocycles. The molecule has 0 aliphatic heterocycles. The number of carbonyl (C=O) groups excluding carboxylic acids is 1. The minimum absolute atomic E-state index is 0.0748. The first-order valence-electron chi connectivity index (χ1n) is 11.4. The lowest BCUT2D eigenvalue weighted by atomic mass is 10.2. The van der Waals surface area contributed by atoms with E-state index in [1.54, 1.807) is 6.92 Å². The molecule has 0 spiro atoms. The zero-order chi connectivity index (χ0) is 27.9. The van der Waals surface area contributed by atoms with Crippen LogP contribution in [0.4, 0.5) is 11.4 Å². The third-order valence-electron chi connectivity index (χ3n) is 5.32. The lowest BCUT2D eigenvalue weighted by molar-refractivity contribution is -0.385. The topological polar surface area (TPSA) is 148 Å². The number of halogens is 2. The van der Waals surface area contributed by atoms with E-state index in [9.17, 15) is 20.0 Å². The van der Waals surface area contributed by atoms with Crippen molar-refractivity contribution < 1.29 is 14.8 Å². The number of anilines is 1. The Kier molecular flexibility index (Phi) is 9.53. The first kappa shape index (κ1) is 28.5. The van der Waals surface area contributed by atoms with E-state index < -0.39 is 27.5 Å². The van der Waals surface area contributed by atoms with Crippen molar-refractivity contribution in [2.24, 2.45) is 5.10 Å². The quantitative estimate of drug-likeness (QED) is 0.0641. The van der Waals surface area contributed by atoms with E-state index in [2.05, 4.69) is 64.6 Å². The number of amides is 1. The van der Waals surface area contributed by atoms with Crippen LogP contribution in [0, 0.1) is 13.7 Å². The zero-order valence-corrected chi connectivity index (χ0v) is 24.8. The van der Waals surface area contributed by atoms with Crippen LogP contribution >= 0.6 is 50.3 Å². The lowest BCUT2D eigenvalue weighted by Gasteiger charge is -2.13. The number of rotatable bonds is 10. The predicted octanol–water partition coefficient (Wildman–Crippen LogP) is 5.49. The average Bonchev–Trinajstić information content (AvgIpc) is 3.32. The van der Waals surface area contributed by atoms with Gasteiger partial charge in [-0.2, -0.15) is 5.10 Å². The number of hydrogen-bond acceptors (Lipinski definition) is 9. The molecular formula is C25H21BrIN7O4S. The van der Waals surface area contributed by atoms with Crippen molar-refractivity contribution in [2.75, 3.05) is 5.32 Å². The fourth-order valence-electron chi connectivity index (χ4n) is 3.39. The van der Waals surface area contributed by atoms with Crippen LogP contribution in [0.1, 0.15) is 18.3 Å². The first-order chi connectivity index (χ1) is 18.7. The molecule has 1 atom stereocenters. The van der Waals surface area contributed by atoms with E-state index in [1.807, 2.05) is 59.2 Å². The van der Waals surface area contributed by atoms with Crippen molar-refractivity contribution >= 4 is 73.8 Å². The van der Waals surface area contributed by atoms with Crippen LogP contribution in [-0.4, -0.2) is 42.2 Å². The highest BCUT2D eigenvalue weighted by Crippen LogP contribution is 2.32. The molecule has 39 heavy (non-hydrogen) atoms. The summed E-state index contributed by atoms with van der Waals surface area (Å²) in [6.45, 7) is 2.11. The summed E-state index contributed by atoms with van der Waals surface area (Å²) in [6, 6.07) is 20.2. The second kappa shape index (κ2) is 13.0. The van der Waals surface area contributed by atoms with Crippen molar-refractivity contribution in [1.82, 2.24) is 20.2 Å². The van der Waals surface area contributed by atoms with Gasteiger partial charge in [0.2, 0.25) is 5.75 Å². The molecule has 0 radical (unpaired) electrons. The van der Waals surface area contributed by atoms with Gasteiger partial charge in [0.1, 0.15) is 0 Å². The van der Waals surface area contributed by atoms with Crippen LogP contribution < -0.4 is 10.7 Å². The summed E-state index contributed by atoms with van der Waals surface area (Å²) in [5, 5.41) is 37.1. The molecule has 4 rings (SSSR count). The molecule has 0 bridgehead atoms. The predicted molar refractivity (Wildman–Crippen MR) is 161 cm³/mol. The molecule has 1 aromatic heterocycles. The molecule has 14 heteroatoms. The maximum atomic E-state index is 12.8. The van der Waals surface area contributed by atoms with Gasteiger partial charge in [0.15, 0.2) is 11.0 Å². The first-order valence-corrected chi connectivity index (χ1v) is 14.1. The number of hydrogen-bond donors (Lipinski definition) is 3. The fourth-order valence-corrected chi connectivity index (χ4v) is 5.09. The standard InChI is InChI=1S/C25H21BrIN7O4S/c1-15(24(36)31-29-13-16-11-17(26)12-21(23(16)35)34(37)38)39-25-32-30-22(33(25)20-5-3-2-4-6-20)14-28-19-9-7-18(27)8-10-19/h2-13,15,28,35H,14H2,1H3,(H,31,36)/b29-13+. The number of nitrogens with one attached hydrogen (secondary N) is 2. The van der Waals surface area contributed by atoms with E-state index in [4.69, 9.17) is 0 Å². The number of aromatic hydroxyl groups is 1. The summed E-state index contributed by atoms with van der Waals surface area (Å²) in [7, 11) is 0. The van der Waals surface area contributed by atoms with Crippen molar-refractivity contribution in [1.29, 1.82) is 0 Å². The number of hydrazone groups is 1. The lowest BCUT2D eigenvalue weighted by Crippen LogP contribution is -2.27. The average molecular weight is 722 g/mol. The number of para-hydroxylation sites is 1. The molecule has 4 aromatic rings. The normalized spacial score (nSPS) is 11.9. The van der Waals surface area contributed by atoms with Crippen molar-refractivity contribution in [3.8, 4) is 11.4 Å². The molecule has 3 N–H and O–H groups in total. The Morgan fingerprint density at radius 3 is 2.64 bits per heavy atom. The van der Waals surface area contributed by atoms with Crippen molar-refractivity contribution in [2.45, 2.75) is 23.9 Å². The van der Waals surface area contributed by atoms with Gasteiger partial charge in [0.05, 0.1) is 22.9 Å². The van der Waals surface area contributed by atoms with Crippen molar-refractivity contribution in [3.05, 3.63) is 96.3 Å². The largest absolute Gasteiger partial charge is 0.502 e. The summed E-state index contributed by atoms with van der Waals surface area (Å²) in [5.41, 5.74) is 3.80. The summed E-state index contributed by atoms with van der Waals surface area (Å²) in [5.74, 6) is -0.313. The van der Waals surface area contributed by atoms with Crippen LogP contribution in [0.15, 0.2) is 81.5 Å². The van der Waals surface area contributed by atoms with Crippen LogP contribution in [0.25, 0.3) is 5.69 Å². The van der Waals surface area contributed by atoms with Gasteiger partial charge in [0, 0.05) is 31.0 Å². The Morgan fingerprint density at radius 2 is 1.95 bits per heavy atom. The van der Waals surface area contributed by atoms with Crippen molar-refractivity contribution in [3.63, 3.8) is 0 Å². The number of thioether (sulfide) groups is 1. The van der Waals surface area contributed by atoms with Gasteiger partial charge in [-0.15, -0.1) is 10.2 Å². The number of nitrogens with zero attached hydrogens (tertiary/aromatic N) is 5. The molecule has 1 heterocycles. The van der Waals surface area contributed by atoms with E-state index in [0.29, 0.717) is 22.0 Å². The van der Waals surface area contributed by atoms with E-state index in [-0.39, 0.29) is 5.56 Å². The highest BCUT2D eigenvalue weighted by molar-refractivity contribution is 14.1. The zero-order valence-electron chi connectivity index (χ0n) is 20.3. The van der Waals surface area contributed by atoms with E-state index >= 15 is 0 Å². The van der Waals surface area contributed by atoms with Gasteiger partial charge in [-0.05, 0) is 72.0 Å². The molecule has 0 fully saturated rings. The number of nitro groups is 1. The van der Waals surface area contributed by atoms with Gasteiger partial charge in [0.25, 0.3) is 5.91 Å². The number of nitro benzene ring substituents is 1. The highest BCUT2D eigenvalue weighted by Gasteiger charge is 2.22. The monoisotopic (exact) mass is 721 g/mol. The SMILES string of the molecule is CC(Sc1nnc(CNc2ccc(I)cc2)n1-c1ccccc1)C(=O)N/N=C/c1cc(Br)cc([N+](=O)[O-])c1O. The third kappa shape index (κ3) is 7.33. The van der Waals surface area contributed by atoms with Gasteiger partial charge in [-0.25, -0.2) is 5.43 Å². The Balaban J connectivity index is 1.48. The number of carbonyl (C=O) groups is 1. The van der Waals surface area contributed by atoms with Gasteiger partial charge in [-0.1, -0.05) is 45.9 Å². The minimum atomic E-state index is -0.706. The summed E-state index contributed by atoms with van der Waals surface area (Å²) in [6.07, 6.45) is 1.14. The van der Waals surface area contributed by atoms with Gasteiger partial charge in [-0.3, -0.25) is 19.5 Å². The highest BCUT2D eigenvalue weighted by atomic mass is 127. The number of benzene rings is 3. The molecule has 1 unspecified atom stereocenters. The Morgan fingerprint density at radius 1 is 1.23 bits per heavy atom. The molecule has 0 saturated carbocycles. The van der Waals surface area contributed by atoms with Crippen LogP contribution in [0.5, 0.6) is 5.75 Å². The smallest absolute Gasteiger partial charge is 0.312 e. The summed E-state index contributed by atoms with van der Waals surface area (Å²) in [4.78, 5) is 23.2. The molecule has 1 amide bonds. The maximum absolute atomic E-state index is 12.8. The Hall–Kier alpha value is -3.50. The number of phenols is 1. The summed E-state index contributed by atoms with van der Waals surface area (Å²) >= 11 is 6.62. The maximum Gasteiger partial charge on any atom is 0.312 e. The Labute approximate surface area is 249 Å². The van der Waals surface area contributed by atoms with Crippen LogP contribution in [-0.2, 0) is 11.3 Å². The Bertz CT molecular complexity index is 1520. The van der Waals surface area contributed by atoms with Gasteiger partial charge >= 0.3 is 5.69 Å². The second-order valence-electron chi connectivity index (χ2n) is 8.04. The van der Waals surface area contributed by atoms with Gasteiger partial charge < -0.3 is 10.4 Å². The van der Waals surface area contributed by atoms with E-state index in [1.165, 1.54) is 23.9 Å². The second-order valence-corrected chi connectivity index (χ2v) is 11.5. The molecular weight excluding hydrogens is 701 g/mol. The van der Waals surface area contributed by atoms with E-state index in [0.717, 1.165) is 21.2 Å².